The van der Waals surface area contributed by atoms with Gasteiger partial charge in [-0.05, 0) is 71.8 Å². The van der Waals surface area contributed by atoms with Crippen LogP contribution >= 0.6 is 0 Å². The Morgan fingerprint density at radius 1 is 1.15 bits per heavy atom. The number of halogens is 1. The van der Waals surface area contributed by atoms with Gasteiger partial charge in [0, 0.05) is 18.3 Å². The molecule has 3 N–H and O–H groups in total. The van der Waals surface area contributed by atoms with Gasteiger partial charge >= 0.3 is 5.97 Å². The molecule has 6 heteroatoms. The van der Waals surface area contributed by atoms with Crippen LogP contribution in [0.2, 0.25) is 0 Å². The van der Waals surface area contributed by atoms with Crippen LogP contribution in [0, 0.1) is 23.1 Å². The minimum absolute atomic E-state index is 0.0469. The average molecular weight is 444 g/mol. The Morgan fingerprint density at radius 2 is 1.94 bits per heavy atom. The van der Waals surface area contributed by atoms with Crippen molar-refractivity contribution in [2.24, 2.45) is 5.92 Å². The number of benzene rings is 3. The van der Waals surface area contributed by atoms with Crippen LogP contribution in [-0.2, 0) is 24.1 Å². The van der Waals surface area contributed by atoms with Gasteiger partial charge in [0.2, 0.25) is 0 Å². The van der Waals surface area contributed by atoms with E-state index in [4.69, 9.17) is 5.11 Å². The highest BCUT2D eigenvalue weighted by Gasteiger charge is 2.28. The maximum Gasteiger partial charge on any atom is 0.307 e. The van der Waals surface area contributed by atoms with E-state index >= 15 is 0 Å². The average Bonchev–Trinajstić information content (AvgIpc) is 2.81. The van der Waals surface area contributed by atoms with Crippen molar-refractivity contribution in [3.05, 3.63) is 100 Å². The molecule has 4 rings (SSSR count). The lowest BCUT2D eigenvalue weighted by Gasteiger charge is -2.34. The van der Waals surface area contributed by atoms with Crippen molar-refractivity contribution in [2.75, 3.05) is 18.4 Å². The molecule has 0 aromatic heterocycles. The summed E-state index contributed by atoms with van der Waals surface area (Å²) in [5.41, 5.74) is 5.15. The van der Waals surface area contributed by atoms with Crippen molar-refractivity contribution in [3.63, 3.8) is 0 Å². The first kappa shape index (κ1) is 22.5. The molecule has 3 aromatic rings. The monoisotopic (exact) mass is 443 g/mol. The van der Waals surface area contributed by atoms with E-state index in [0.29, 0.717) is 24.1 Å². The Labute approximate surface area is 192 Å². The highest BCUT2D eigenvalue weighted by atomic mass is 19.1. The number of carboxylic acids is 1. The summed E-state index contributed by atoms with van der Waals surface area (Å²) < 4.78 is 14.0. The lowest BCUT2D eigenvalue weighted by Crippen LogP contribution is -2.37. The second-order valence-electron chi connectivity index (χ2n) is 8.42. The first-order valence-corrected chi connectivity index (χ1v) is 11.1. The van der Waals surface area contributed by atoms with Gasteiger partial charge in [0.1, 0.15) is 5.82 Å². The molecule has 33 heavy (non-hydrogen) atoms. The molecule has 3 aromatic carbocycles. The third-order valence-electron chi connectivity index (χ3n) is 6.10. The maximum atomic E-state index is 14.0. The van der Waals surface area contributed by atoms with Gasteiger partial charge in [-0.25, -0.2) is 4.39 Å². The fourth-order valence-electron chi connectivity index (χ4n) is 4.62. The maximum absolute atomic E-state index is 14.0. The molecule has 0 saturated carbocycles. The van der Waals surface area contributed by atoms with Crippen molar-refractivity contribution in [3.8, 4) is 6.07 Å². The smallest absolute Gasteiger partial charge is 0.307 e. The van der Waals surface area contributed by atoms with E-state index in [1.54, 1.807) is 6.07 Å². The number of carbonyl (C=O) groups is 1. The van der Waals surface area contributed by atoms with Crippen molar-refractivity contribution in [1.82, 2.24) is 5.32 Å². The van der Waals surface area contributed by atoms with Crippen LogP contribution in [0.1, 0.15) is 33.9 Å². The SMILES string of the molecule is N#Cc1cccc2c1C[C@H]([C@H](NCCc1cc(F)cc(CC(=O)O)c1)c1ccccc1)CN2. The summed E-state index contributed by atoms with van der Waals surface area (Å²) in [5, 5.41) is 25.7. The van der Waals surface area contributed by atoms with E-state index in [-0.39, 0.29) is 18.4 Å². The summed E-state index contributed by atoms with van der Waals surface area (Å²) in [7, 11) is 0. The molecular weight excluding hydrogens is 417 g/mol. The predicted octanol–water partition coefficient (Wildman–Crippen LogP) is 4.48. The van der Waals surface area contributed by atoms with E-state index in [9.17, 15) is 14.4 Å². The van der Waals surface area contributed by atoms with Gasteiger partial charge in [-0.2, -0.15) is 5.26 Å². The van der Waals surface area contributed by atoms with Crippen molar-refractivity contribution >= 4 is 11.7 Å². The minimum Gasteiger partial charge on any atom is -0.481 e. The Morgan fingerprint density at radius 3 is 2.70 bits per heavy atom. The molecule has 0 aliphatic carbocycles. The summed E-state index contributed by atoms with van der Waals surface area (Å²) in [5.74, 6) is -1.17. The summed E-state index contributed by atoms with van der Waals surface area (Å²) >= 11 is 0. The summed E-state index contributed by atoms with van der Waals surface area (Å²) in [6.45, 7) is 1.38. The van der Waals surface area contributed by atoms with Gasteiger partial charge in [-0.1, -0.05) is 42.5 Å². The number of nitrogens with one attached hydrogen (secondary N) is 2. The number of rotatable bonds is 8. The number of hydrogen-bond donors (Lipinski definition) is 3. The van der Waals surface area contributed by atoms with E-state index in [2.05, 4.69) is 28.8 Å². The van der Waals surface area contributed by atoms with Gasteiger partial charge in [0.05, 0.1) is 18.1 Å². The predicted molar refractivity (Wildman–Crippen MR) is 125 cm³/mol. The molecule has 1 aliphatic heterocycles. The molecule has 168 valence electrons. The van der Waals surface area contributed by atoms with Gasteiger partial charge in [0.15, 0.2) is 0 Å². The molecular formula is C27H26FN3O2. The number of aliphatic carboxylic acids is 1. The van der Waals surface area contributed by atoms with Crippen molar-refractivity contribution in [2.45, 2.75) is 25.3 Å². The molecule has 0 saturated heterocycles. The lowest BCUT2D eigenvalue weighted by molar-refractivity contribution is -0.136. The van der Waals surface area contributed by atoms with Crippen LogP contribution in [0.25, 0.3) is 0 Å². The first-order valence-electron chi connectivity index (χ1n) is 11.1. The molecule has 5 nitrogen and oxygen atoms in total. The topological polar surface area (TPSA) is 85.2 Å². The van der Waals surface area contributed by atoms with Crippen LogP contribution in [0.15, 0.2) is 66.7 Å². The van der Waals surface area contributed by atoms with E-state index in [0.717, 1.165) is 35.3 Å². The van der Waals surface area contributed by atoms with E-state index in [1.807, 2.05) is 36.4 Å². The van der Waals surface area contributed by atoms with Crippen LogP contribution < -0.4 is 10.6 Å². The lowest BCUT2D eigenvalue weighted by atomic mass is 9.83. The van der Waals surface area contributed by atoms with Crippen LogP contribution in [0.5, 0.6) is 0 Å². The number of nitrogens with zero attached hydrogens (tertiary/aromatic N) is 1. The molecule has 1 heterocycles. The Balaban J connectivity index is 1.51. The fourth-order valence-corrected chi connectivity index (χ4v) is 4.62. The molecule has 0 bridgehead atoms. The molecule has 2 atom stereocenters. The number of anilines is 1. The zero-order valence-electron chi connectivity index (χ0n) is 18.2. The fraction of sp³-hybridized carbons (Fsp3) is 0.259. The molecule has 0 fully saturated rings. The third-order valence-corrected chi connectivity index (χ3v) is 6.10. The standard InChI is InChI=1S/C27H26FN3O2/c28-23-12-18(11-19(13-23)14-26(32)33)9-10-30-27(20-5-2-1-3-6-20)22-15-24-21(16-29)7-4-8-25(24)31-17-22/h1-8,11-13,22,27,30-31H,9-10,14-15,17H2,(H,32,33)/t22-,27+/m0/s1. The second kappa shape index (κ2) is 10.3. The van der Waals surface area contributed by atoms with E-state index < -0.39 is 11.8 Å². The number of fused-ring (bicyclic) bond motifs is 1. The number of nitriles is 1. The Bertz CT molecular complexity index is 1170. The minimum atomic E-state index is -0.976. The van der Waals surface area contributed by atoms with E-state index in [1.165, 1.54) is 12.1 Å². The zero-order chi connectivity index (χ0) is 23.2. The summed E-state index contributed by atoms with van der Waals surface area (Å²) in [6, 6.07) is 22.8. The van der Waals surface area contributed by atoms with Crippen LogP contribution in [0.4, 0.5) is 10.1 Å². The Hall–Kier alpha value is -3.69. The van der Waals surface area contributed by atoms with Crippen LogP contribution in [0.3, 0.4) is 0 Å². The zero-order valence-corrected chi connectivity index (χ0v) is 18.2. The van der Waals surface area contributed by atoms with Crippen LogP contribution in [-0.4, -0.2) is 24.2 Å². The van der Waals surface area contributed by atoms with Gasteiger partial charge in [0.25, 0.3) is 0 Å². The largest absolute Gasteiger partial charge is 0.481 e. The van der Waals surface area contributed by atoms with Gasteiger partial charge < -0.3 is 15.7 Å². The van der Waals surface area contributed by atoms with Gasteiger partial charge in [-0.3, -0.25) is 4.79 Å². The van der Waals surface area contributed by atoms with Crippen molar-refractivity contribution in [1.29, 1.82) is 5.26 Å². The van der Waals surface area contributed by atoms with Gasteiger partial charge in [-0.15, -0.1) is 0 Å². The third kappa shape index (κ3) is 5.57. The molecule has 0 radical (unpaired) electrons. The summed E-state index contributed by atoms with van der Waals surface area (Å²) in [6.07, 6.45) is 1.16. The first-order chi connectivity index (χ1) is 16.0. The highest BCUT2D eigenvalue weighted by molar-refractivity contribution is 5.70. The highest BCUT2D eigenvalue weighted by Crippen LogP contribution is 2.34. The summed E-state index contributed by atoms with van der Waals surface area (Å²) in [4.78, 5) is 11.0. The number of hydrogen-bond acceptors (Lipinski definition) is 4. The number of carboxylic acid groups (broad SMARTS) is 1. The molecule has 0 amide bonds. The second-order valence-corrected chi connectivity index (χ2v) is 8.42. The molecule has 0 unspecified atom stereocenters. The molecule has 1 aliphatic rings. The van der Waals surface area contributed by atoms with Crippen molar-refractivity contribution < 1.29 is 14.3 Å². The molecule has 0 spiro atoms. The normalized spacial score (nSPS) is 15.7. The quantitative estimate of drug-likeness (QED) is 0.478. The Kier molecular flexibility index (Phi) is 7.01.